The van der Waals surface area contributed by atoms with E-state index >= 15 is 0 Å². The number of carboxylic acid groups (broad SMARTS) is 1. The Bertz CT molecular complexity index is 1510. The molecule has 0 radical (unpaired) electrons. The first-order chi connectivity index (χ1) is 39.6. The molecule has 0 saturated carbocycles. The molecule has 9 nitrogen and oxygen atoms in total. The van der Waals surface area contributed by atoms with Crippen molar-refractivity contribution in [1.82, 2.24) is 0 Å². The Morgan fingerprint density at radius 1 is 0.383 bits per heavy atom. The minimum absolute atomic E-state index is 0.176. The second kappa shape index (κ2) is 63.0. The van der Waals surface area contributed by atoms with Crippen molar-refractivity contribution in [3.05, 3.63) is 60.8 Å². The fourth-order valence-electron chi connectivity index (χ4n) is 10.1. The number of allylic oxidation sites excluding steroid dienone is 10. The summed E-state index contributed by atoms with van der Waals surface area (Å²) in [5, 5.41) is 9.71. The Balaban J connectivity index is 3.96. The molecule has 81 heavy (non-hydrogen) atoms. The second-order valence-electron chi connectivity index (χ2n) is 24.5. The van der Waals surface area contributed by atoms with Crippen LogP contribution in [0.2, 0.25) is 0 Å². The lowest BCUT2D eigenvalue weighted by Crippen LogP contribution is -2.40. The van der Waals surface area contributed by atoms with Crippen molar-refractivity contribution in [1.29, 1.82) is 0 Å². The van der Waals surface area contributed by atoms with Crippen LogP contribution < -0.4 is 0 Å². The van der Waals surface area contributed by atoms with Crippen LogP contribution in [0.5, 0.6) is 0 Å². The first-order valence-corrected chi connectivity index (χ1v) is 34.5. The maximum atomic E-state index is 12.8. The fraction of sp³-hybridized carbons (Fsp3) is 0.819. The molecule has 472 valence electrons. The van der Waals surface area contributed by atoms with E-state index in [1.54, 1.807) is 0 Å². The van der Waals surface area contributed by atoms with E-state index < -0.39 is 24.3 Å². The lowest BCUT2D eigenvalue weighted by atomic mass is 10.0. The number of ether oxygens (including phenoxy) is 4. The predicted octanol–water partition coefficient (Wildman–Crippen LogP) is 21.1. The van der Waals surface area contributed by atoms with Gasteiger partial charge >= 0.3 is 17.9 Å². The van der Waals surface area contributed by atoms with Crippen LogP contribution in [0.3, 0.4) is 0 Å². The number of rotatable bonds is 64. The molecule has 2 unspecified atom stereocenters. The van der Waals surface area contributed by atoms with Crippen LogP contribution >= 0.6 is 0 Å². The normalized spacial score (nSPS) is 13.0. The molecule has 0 fully saturated rings. The fourth-order valence-corrected chi connectivity index (χ4v) is 10.1. The van der Waals surface area contributed by atoms with Crippen molar-refractivity contribution in [2.24, 2.45) is 0 Å². The number of carboxylic acids is 1. The summed E-state index contributed by atoms with van der Waals surface area (Å²) >= 11 is 0. The summed E-state index contributed by atoms with van der Waals surface area (Å²) in [6.45, 7) is 4.73. The Morgan fingerprint density at radius 2 is 0.704 bits per heavy atom. The number of esters is 2. The molecule has 0 heterocycles. The largest absolute Gasteiger partial charge is 0.477 e. The highest BCUT2D eigenvalue weighted by atomic mass is 16.7. The minimum Gasteiger partial charge on any atom is -0.477 e. The first kappa shape index (κ1) is 78.0. The molecule has 0 amide bonds. The third kappa shape index (κ3) is 64.4. The third-order valence-corrected chi connectivity index (χ3v) is 15.3. The van der Waals surface area contributed by atoms with Crippen LogP contribution in [0.1, 0.15) is 322 Å². The summed E-state index contributed by atoms with van der Waals surface area (Å²) in [6.07, 6.45) is 79.6. The SMILES string of the molecule is CC/C=C\C/C=C\C/C=C\C/C=C\C/C=C\CCCC(=O)OC(COC(=O)CCCCCCCCCCCCCCCCCCCCCCCCCCCCCCCCCCCCCCCCC)COC(OCC[N+](C)(C)C)C(=O)O. The number of hydrogen-bond donors (Lipinski definition) is 1. The highest BCUT2D eigenvalue weighted by Gasteiger charge is 2.25. The minimum atomic E-state index is -1.53. The van der Waals surface area contributed by atoms with Crippen molar-refractivity contribution < 1.29 is 42.9 Å². The summed E-state index contributed by atoms with van der Waals surface area (Å²) in [5.74, 6) is -2.07. The molecule has 0 rings (SSSR count). The zero-order chi connectivity index (χ0) is 59.1. The summed E-state index contributed by atoms with van der Waals surface area (Å²) in [5.41, 5.74) is 0. The molecule has 0 aliphatic rings. The van der Waals surface area contributed by atoms with E-state index in [1.165, 1.54) is 231 Å². The van der Waals surface area contributed by atoms with Crippen LogP contribution in [0.25, 0.3) is 0 Å². The van der Waals surface area contributed by atoms with Gasteiger partial charge in [0, 0.05) is 12.8 Å². The molecule has 0 aliphatic carbocycles. The lowest BCUT2D eigenvalue weighted by molar-refractivity contribution is -0.870. The van der Waals surface area contributed by atoms with Gasteiger partial charge in [0.1, 0.15) is 13.2 Å². The maximum Gasteiger partial charge on any atom is 0.361 e. The van der Waals surface area contributed by atoms with Crippen LogP contribution in [-0.2, 0) is 33.3 Å². The van der Waals surface area contributed by atoms with Gasteiger partial charge in [-0.1, -0.05) is 319 Å². The van der Waals surface area contributed by atoms with E-state index in [4.69, 9.17) is 18.9 Å². The molecule has 0 aromatic heterocycles. The summed E-state index contributed by atoms with van der Waals surface area (Å²) in [7, 11) is 5.95. The molecular formula is C72H132NO8+. The number of carbonyl (C=O) groups excluding carboxylic acids is 2. The number of nitrogens with zero attached hydrogens (tertiary/aromatic N) is 1. The Hall–Kier alpha value is -3.01. The highest BCUT2D eigenvalue weighted by molar-refractivity contribution is 5.71. The van der Waals surface area contributed by atoms with Crippen molar-refractivity contribution in [3.8, 4) is 0 Å². The van der Waals surface area contributed by atoms with Crippen LogP contribution in [0.4, 0.5) is 0 Å². The zero-order valence-electron chi connectivity index (χ0n) is 53.9. The predicted molar refractivity (Wildman–Crippen MR) is 346 cm³/mol. The number of aliphatic carboxylic acids is 1. The number of quaternary nitrogens is 1. The van der Waals surface area contributed by atoms with E-state index in [9.17, 15) is 19.5 Å². The molecule has 0 aromatic rings. The van der Waals surface area contributed by atoms with Gasteiger partial charge in [-0.2, -0.15) is 0 Å². The van der Waals surface area contributed by atoms with Crippen LogP contribution in [0, 0.1) is 0 Å². The molecular weight excluding hydrogens is 1010 g/mol. The standard InChI is InChI=1S/C72H131NO8/c1-6-8-10-12-14-16-18-20-22-24-25-26-27-28-29-30-31-32-33-34-35-36-37-38-39-40-41-42-43-44-45-47-48-50-52-54-56-58-60-62-69(74)79-66-68(67-80-72(71(76)77)78-65-64-73(3,4)5)81-70(75)63-61-59-57-55-53-51-49-46-23-21-19-17-15-13-11-9-7-2/h9,11,15,17,21,23,49,51,55,57,68,72H,6-8,10,12-14,16,18-20,22,24-48,50,52-54,56,58-67H2,1-5H3/p+1/b11-9-,17-15-,23-21-,51-49-,57-55-. The molecule has 0 spiro atoms. The van der Waals surface area contributed by atoms with Crippen molar-refractivity contribution in [3.63, 3.8) is 0 Å². The quantitative estimate of drug-likeness (QED) is 0.0211. The third-order valence-electron chi connectivity index (χ3n) is 15.3. The first-order valence-electron chi connectivity index (χ1n) is 34.5. The van der Waals surface area contributed by atoms with Crippen LogP contribution in [-0.4, -0.2) is 87.4 Å². The monoisotopic (exact) mass is 1140 g/mol. The van der Waals surface area contributed by atoms with Crippen molar-refractivity contribution in [2.75, 3.05) is 47.5 Å². The summed E-state index contributed by atoms with van der Waals surface area (Å²) in [6, 6.07) is 0. The van der Waals surface area contributed by atoms with Gasteiger partial charge in [0.2, 0.25) is 0 Å². The van der Waals surface area contributed by atoms with E-state index in [1.807, 2.05) is 21.1 Å². The van der Waals surface area contributed by atoms with E-state index in [-0.39, 0.29) is 32.2 Å². The Labute approximate surface area is 501 Å². The number of unbranched alkanes of at least 4 members (excludes halogenated alkanes) is 39. The molecule has 0 aromatic carbocycles. The molecule has 0 aliphatic heterocycles. The van der Waals surface area contributed by atoms with Crippen molar-refractivity contribution in [2.45, 2.75) is 334 Å². The van der Waals surface area contributed by atoms with E-state index in [2.05, 4.69) is 74.6 Å². The summed E-state index contributed by atoms with van der Waals surface area (Å²) < 4.78 is 22.8. The van der Waals surface area contributed by atoms with Crippen molar-refractivity contribution >= 4 is 17.9 Å². The molecule has 0 saturated heterocycles. The van der Waals surface area contributed by atoms with Gasteiger partial charge in [-0.05, 0) is 51.4 Å². The summed E-state index contributed by atoms with van der Waals surface area (Å²) in [4.78, 5) is 37.4. The number of hydrogen-bond acceptors (Lipinski definition) is 7. The molecule has 0 bridgehead atoms. The van der Waals surface area contributed by atoms with Gasteiger partial charge in [0.15, 0.2) is 6.10 Å². The highest BCUT2D eigenvalue weighted by Crippen LogP contribution is 2.19. The molecule has 2 atom stereocenters. The number of carbonyl (C=O) groups is 3. The zero-order valence-corrected chi connectivity index (χ0v) is 53.9. The van der Waals surface area contributed by atoms with Gasteiger partial charge < -0.3 is 28.5 Å². The topological polar surface area (TPSA) is 108 Å². The molecule has 1 N–H and O–H groups in total. The van der Waals surface area contributed by atoms with Gasteiger partial charge in [-0.25, -0.2) is 4.79 Å². The smallest absolute Gasteiger partial charge is 0.361 e. The molecule has 9 heteroatoms. The maximum absolute atomic E-state index is 12.8. The lowest BCUT2D eigenvalue weighted by Gasteiger charge is -2.25. The Kier molecular flexibility index (Phi) is 60.7. The second-order valence-corrected chi connectivity index (χ2v) is 24.5. The average molecular weight is 1140 g/mol. The Morgan fingerprint density at radius 3 is 1.04 bits per heavy atom. The van der Waals surface area contributed by atoms with Gasteiger partial charge in [-0.3, -0.25) is 9.59 Å². The van der Waals surface area contributed by atoms with Gasteiger partial charge in [-0.15, -0.1) is 0 Å². The van der Waals surface area contributed by atoms with E-state index in [0.717, 1.165) is 57.8 Å². The number of likely N-dealkylation sites (N-methyl/N-ethyl adjacent to an activating group) is 1. The average Bonchev–Trinajstić information content (AvgIpc) is 3.44. The van der Waals surface area contributed by atoms with Gasteiger partial charge in [0.05, 0.1) is 34.4 Å². The van der Waals surface area contributed by atoms with E-state index in [0.29, 0.717) is 23.9 Å². The van der Waals surface area contributed by atoms with Crippen LogP contribution in [0.15, 0.2) is 60.8 Å². The van der Waals surface area contributed by atoms with Gasteiger partial charge in [0.25, 0.3) is 6.29 Å².